The summed E-state index contributed by atoms with van der Waals surface area (Å²) in [5.41, 5.74) is 3.38. The minimum atomic E-state index is 0.0548. The van der Waals surface area contributed by atoms with E-state index in [9.17, 15) is 0 Å². The van der Waals surface area contributed by atoms with E-state index in [1.807, 2.05) is 18.3 Å². The molecule has 0 aliphatic rings. The van der Waals surface area contributed by atoms with Gasteiger partial charge in [-0.1, -0.05) is 18.5 Å². The van der Waals surface area contributed by atoms with Crippen LogP contribution in [-0.2, 0) is 0 Å². The SMILES string of the molecule is CCNC(c1cnccc1C)c1ccncc1Cl. The second kappa shape index (κ2) is 5.94. The maximum atomic E-state index is 6.23. The molecule has 3 nitrogen and oxygen atoms in total. The third-order valence-electron chi connectivity index (χ3n) is 2.91. The molecule has 0 saturated carbocycles. The maximum Gasteiger partial charge on any atom is 0.0640 e. The van der Waals surface area contributed by atoms with E-state index in [0.717, 1.165) is 17.7 Å². The second-order valence-corrected chi connectivity index (χ2v) is 4.53. The molecular weight excluding hydrogens is 246 g/mol. The summed E-state index contributed by atoms with van der Waals surface area (Å²) in [6.45, 7) is 5.02. The molecule has 0 spiro atoms. The molecule has 0 amide bonds. The van der Waals surface area contributed by atoms with Gasteiger partial charge in [-0.05, 0) is 42.3 Å². The van der Waals surface area contributed by atoms with Crippen molar-refractivity contribution in [1.82, 2.24) is 15.3 Å². The molecule has 0 saturated heterocycles. The Hall–Kier alpha value is -1.45. The van der Waals surface area contributed by atoms with E-state index >= 15 is 0 Å². The molecule has 18 heavy (non-hydrogen) atoms. The molecule has 2 heterocycles. The van der Waals surface area contributed by atoms with E-state index in [1.54, 1.807) is 18.6 Å². The van der Waals surface area contributed by atoms with Gasteiger partial charge in [-0.15, -0.1) is 0 Å². The van der Waals surface area contributed by atoms with Crippen molar-refractivity contribution in [1.29, 1.82) is 0 Å². The zero-order chi connectivity index (χ0) is 13.0. The molecule has 0 fully saturated rings. The number of halogens is 1. The number of nitrogens with zero attached hydrogens (tertiary/aromatic N) is 2. The fourth-order valence-electron chi connectivity index (χ4n) is 1.99. The molecular formula is C14H16ClN3. The summed E-state index contributed by atoms with van der Waals surface area (Å²) in [7, 11) is 0. The van der Waals surface area contributed by atoms with Gasteiger partial charge in [0.25, 0.3) is 0 Å². The number of nitrogens with one attached hydrogen (secondary N) is 1. The first-order valence-electron chi connectivity index (χ1n) is 5.97. The summed E-state index contributed by atoms with van der Waals surface area (Å²) < 4.78 is 0. The largest absolute Gasteiger partial charge is 0.306 e. The van der Waals surface area contributed by atoms with Gasteiger partial charge >= 0.3 is 0 Å². The molecule has 0 bridgehead atoms. The van der Waals surface area contributed by atoms with Crippen LogP contribution in [0.1, 0.15) is 29.7 Å². The first kappa shape index (κ1) is 13.0. The first-order chi connectivity index (χ1) is 8.74. The summed E-state index contributed by atoms with van der Waals surface area (Å²) in [5.74, 6) is 0. The van der Waals surface area contributed by atoms with Gasteiger partial charge in [-0.3, -0.25) is 9.97 Å². The highest BCUT2D eigenvalue weighted by Gasteiger charge is 2.17. The molecule has 0 aliphatic heterocycles. The number of hydrogen-bond donors (Lipinski definition) is 1. The van der Waals surface area contributed by atoms with Gasteiger partial charge in [0, 0.05) is 24.8 Å². The van der Waals surface area contributed by atoms with Crippen molar-refractivity contribution in [2.24, 2.45) is 0 Å². The van der Waals surface area contributed by atoms with Crippen LogP contribution in [0.2, 0.25) is 5.02 Å². The average Bonchev–Trinajstić information content (AvgIpc) is 2.38. The number of rotatable bonds is 4. The minimum absolute atomic E-state index is 0.0548. The topological polar surface area (TPSA) is 37.8 Å². The van der Waals surface area contributed by atoms with Crippen molar-refractivity contribution >= 4 is 11.6 Å². The van der Waals surface area contributed by atoms with Crippen molar-refractivity contribution < 1.29 is 0 Å². The molecule has 1 N–H and O–H groups in total. The third-order valence-corrected chi connectivity index (χ3v) is 3.23. The van der Waals surface area contributed by atoms with E-state index < -0.39 is 0 Å². The van der Waals surface area contributed by atoms with Gasteiger partial charge in [0.05, 0.1) is 11.1 Å². The molecule has 2 aromatic heterocycles. The van der Waals surface area contributed by atoms with Crippen molar-refractivity contribution in [2.75, 3.05) is 6.54 Å². The van der Waals surface area contributed by atoms with Crippen molar-refractivity contribution in [3.63, 3.8) is 0 Å². The van der Waals surface area contributed by atoms with Gasteiger partial charge in [0.1, 0.15) is 0 Å². The van der Waals surface area contributed by atoms with E-state index in [2.05, 4.69) is 29.1 Å². The number of pyridine rings is 2. The van der Waals surface area contributed by atoms with Gasteiger partial charge in [-0.25, -0.2) is 0 Å². The van der Waals surface area contributed by atoms with Crippen molar-refractivity contribution in [3.8, 4) is 0 Å². The molecule has 0 aromatic carbocycles. The van der Waals surface area contributed by atoms with Crippen LogP contribution in [0.25, 0.3) is 0 Å². The zero-order valence-corrected chi connectivity index (χ0v) is 11.3. The van der Waals surface area contributed by atoms with E-state index in [4.69, 9.17) is 11.6 Å². The first-order valence-corrected chi connectivity index (χ1v) is 6.35. The van der Waals surface area contributed by atoms with E-state index in [1.165, 1.54) is 5.56 Å². The standard InChI is InChI=1S/C14H16ClN3/c1-3-18-14(11-5-7-17-9-13(11)15)12-8-16-6-4-10(12)2/h4-9,14,18H,3H2,1-2H3. The molecule has 1 unspecified atom stereocenters. The highest BCUT2D eigenvalue weighted by Crippen LogP contribution is 2.28. The zero-order valence-electron chi connectivity index (χ0n) is 10.5. The van der Waals surface area contributed by atoms with Gasteiger partial charge in [0.2, 0.25) is 0 Å². The van der Waals surface area contributed by atoms with Crippen LogP contribution >= 0.6 is 11.6 Å². The monoisotopic (exact) mass is 261 g/mol. The van der Waals surface area contributed by atoms with Gasteiger partial charge in [0.15, 0.2) is 0 Å². The third kappa shape index (κ3) is 2.68. The predicted octanol–water partition coefficient (Wildman–Crippen LogP) is 3.14. The lowest BCUT2D eigenvalue weighted by Crippen LogP contribution is -2.23. The molecule has 4 heteroatoms. The van der Waals surface area contributed by atoms with Gasteiger partial charge < -0.3 is 5.32 Å². The Morgan fingerprint density at radius 2 is 1.89 bits per heavy atom. The Morgan fingerprint density at radius 1 is 1.17 bits per heavy atom. The summed E-state index contributed by atoms with van der Waals surface area (Å²) in [6.07, 6.45) is 7.12. The van der Waals surface area contributed by atoms with Crippen molar-refractivity contribution in [3.05, 3.63) is 58.6 Å². The Bertz CT molecular complexity index is 482. The second-order valence-electron chi connectivity index (χ2n) is 4.12. The summed E-state index contributed by atoms with van der Waals surface area (Å²) in [6, 6.07) is 4.01. The minimum Gasteiger partial charge on any atom is -0.306 e. The number of aryl methyl sites for hydroxylation is 1. The van der Waals surface area contributed by atoms with E-state index in [-0.39, 0.29) is 6.04 Å². The number of aromatic nitrogens is 2. The van der Waals surface area contributed by atoms with Crippen LogP contribution in [0.5, 0.6) is 0 Å². The van der Waals surface area contributed by atoms with Crippen LogP contribution in [0, 0.1) is 6.92 Å². The highest BCUT2D eigenvalue weighted by molar-refractivity contribution is 6.31. The highest BCUT2D eigenvalue weighted by atomic mass is 35.5. The molecule has 1 atom stereocenters. The van der Waals surface area contributed by atoms with Crippen LogP contribution in [0.4, 0.5) is 0 Å². The molecule has 2 aromatic rings. The maximum absolute atomic E-state index is 6.23. The molecule has 2 rings (SSSR count). The quantitative estimate of drug-likeness (QED) is 0.919. The smallest absolute Gasteiger partial charge is 0.0640 e. The molecule has 0 radical (unpaired) electrons. The number of hydrogen-bond acceptors (Lipinski definition) is 3. The normalized spacial score (nSPS) is 12.4. The van der Waals surface area contributed by atoms with E-state index in [0.29, 0.717) is 5.02 Å². The summed E-state index contributed by atoms with van der Waals surface area (Å²) in [5, 5.41) is 4.12. The average molecular weight is 262 g/mol. The molecule has 0 aliphatic carbocycles. The fourth-order valence-corrected chi connectivity index (χ4v) is 2.22. The molecule has 94 valence electrons. The Morgan fingerprint density at radius 3 is 2.56 bits per heavy atom. The Labute approximate surface area is 112 Å². The van der Waals surface area contributed by atoms with Gasteiger partial charge in [-0.2, -0.15) is 0 Å². The summed E-state index contributed by atoms with van der Waals surface area (Å²) in [4.78, 5) is 8.23. The Kier molecular flexibility index (Phi) is 4.28. The van der Waals surface area contributed by atoms with Crippen molar-refractivity contribution in [2.45, 2.75) is 19.9 Å². The lowest BCUT2D eigenvalue weighted by Gasteiger charge is -2.21. The van der Waals surface area contributed by atoms with Crippen LogP contribution < -0.4 is 5.32 Å². The summed E-state index contributed by atoms with van der Waals surface area (Å²) >= 11 is 6.23. The fraction of sp³-hybridized carbons (Fsp3) is 0.286. The van der Waals surface area contributed by atoms with Crippen LogP contribution in [-0.4, -0.2) is 16.5 Å². The predicted molar refractivity (Wildman–Crippen MR) is 73.7 cm³/mol. The lowest BCUT2D eigenvalue weighted by molar-refractivity contribution is 0.625. The Balaban J connectivity index is 2.47. The lowest BCUT2D eigenvalue weighted by atomic mass is 9.97. The van der Waals surface area contributed by atoms with Crippen LogP contribution in [0.15, 0.2) is 36.9 Å². The van der Waals surface area contributed by atoms with Crippen LogP contribution in [0.3, 0.4) is 0 Å².